The molecule has 0 bridgehead atoms. The van der Waals surface area contributed by atoms with Gasteiger partial charge >= 0.3 is 0 Å². The van der Waals surface area contributed by atoms with Crippen LogP contribution in [0.2, 0.25) is 0 Å². The highest BCUT2D eigenvalue weighted by Crippen LogP contribution is 2.25. The molecule has 132 valence electrons. The van der Waals surface area contributed by atoms with Gasteiger partial charge in [-0.25, -0.2) is 0 Å². The van der Waals surface area contributed by atoms with E-state index in [-0.39, 0.29) is 6.42 Å². The molecule has 3 heteroatoms. The van der Waals surface area contributed by atoms with Crippen molar-refractivity contribution in [3.8, 4) is 0 Å². The Bertz CT molecular complexity index is 458. The van der Waals surface area contributed by atoms with Gasteiger partial charge in [0.1, 0.15) is 0 Å². The molecule has 0 saturated carbocycles. The molecular weight excluding hydrogens is 288 g/mol. The van der Waals surface area contributed by atoms with Crippen LogP contribution in [0.25, 0.3) is 0 Å². The van der Waals surface area contributed by atoms with Crippen LogP contribution in [-0.2, 0) is 0 Å². The number of hydrogen-bond acceptors (Lipinski definition) is 3. The molecule has 1 aliphatic rings. The molecule has 0 aromatic rings. The Morgan fingerprint density at radius 2 is 1.70 bits per heavy atom. The van der Waals surface area contributed by atoms with E-state index in [1.54, 1.807) is 13.0 Å². The molecule has 0 unspecified atom stereocenters. The van der Waals surface area contributed by atoms with E-state index in [1.807, 2.05) is 19.1 Å². The number of hydrogen-bond donors (Lipinski definition) is 3. The van der Waals surface area contributed by atoms with Crippen molar-refractivity contribution in [1.82, 2.24) is 0 Å². The number of rotatable bonds is 1. The van der Waals surface area contributed by atoms with E-state index in [0.29, 0.717) is 18.3 Å². The zero-order valence-electron chi connectivity index (χ0n) is 15.3. The maximum atomic E-state index is 10.5. The van der Waals surface area contributed by atoms with Crippen LogP contribution in [0, 0.1) is 11.8 Å². The van der Waals surface area contributed by atoms with Gasteiger partial charge in [-0.05, 0) is 51.9 Å². The quantitative estimate of drug-likeness (QED) is 0.644. The van der Waals surface area contributed by atoms with E-state index in [4.69, 9.17) is 0 Å². The fourth-order valence-corrected chi connectivity index (χ4v) is 3.12. The number of allylic oxidation sites excluding steroid dienone is 2. The molecule has 1 rings (SSSR count). The molecule has 1 aliphatic carbocycles. The summed E-state index contributed by atoms with van der Waals surface area (Å²) in [5.74, 6) is 0.860. The second-order valence-corrected chi connectivity index (χ2v) is 7.73. The Labute approximate surface area is 141 Å². The second kappa shape index (κ2) is 8.81. The van der Waals surface area contributed by atoms with Crippen molar-refractivity contribution in [2.45, 2.75) is 78.1 Å². The molecule has 3 nitrogen and oxygen atoms in total. The summed E-state index contributed by atoms with van der Waals surface area (Å²) in [7, 11) is 0. The van der Waals surface area contributed by atoms with Crippen LogP contribution in [0.4, 0.5) is 0 Å². The van der Waals surface area contributed by atoms with Gasteiger partial charge < -0.3 is 15.3 Å². The van der Waals surface area contributed by atoms with E-state index in [2.05, 4.69) is 26.8 Å². The number of aliphatic hydroxyl groups is 3. The van der Waals surface area contributed by atoms with Crippen LogP contribution in [-0.4, -0.2) is 33.1 Å². The normalized spacial score (nSPS) is 40.7. The van der Waals surface area contributed by atoms with Gasteiger partial charge in [0.05, 0.1) is 17.8 Å². The molecule has 0 aromatic carbocycles. The smallest absolute Gasteiger partial charge is 0.0827 e. The molecule has 0 aromatic heterocycles. The first kappa shape index (κ1) is 20.1. The van der Waals surface area contributed by atoms with Gasteiger partial charge in [-0.15, -0.1) is 0 Å². The first-order valence-corrected chi connectivity index (χ1v) is 8.71. The van der Waals surface area contributed by atoms with Gasteiger partial charge in [-0.1, -0.05) is 49.3 Å². The first-order valence-electron chi connectivity index (χ1n) is 8.71. The monoisotopic (exact) mass is 322 g/mol. The second-order valence-electron chi connectivity index (χ2n) is 7.73. The Kier molecular flexibility index (Phi) is 7.72. The van der Waals surface area contributed by atoms with Crippen LogP contribution < -0.4 is 0 Å². The molecule has 0 aliphatic heterocycles. The van der Waals surface area contributed by atoms with Crippen LogP contribution in [0.15, 0.2) is 35.5 Å². The Morgan fingerprint density at radius 3 is 2.30 bits per heavy atom. The summed E-state index contributed by atoms with van der Waals surface area (Å²) >= 11 is 0. The zero-order chi connectivity index (χ0) is 17.6. The third kappa shape index (κ3) is 7.96. The van der Waals surface area contributed by atoms with Crippen LogP contribution >= 0.6 is 0 Å². The topological polar surface area (TPSA) is 60.7 Å². The Morgan fingerprint density at radius 1 is 1.09 bits per heavy atom. The van der Waals surface area contributed by atoms with E-state index < -0.39 is 17.8 Å². The highest BCUT2D eigenvalue weighted by atomic mass is 16.3. The van der Waals surface area contributed by atoms with E-state index in [9.17, 15) is 15.3 Å². The fraction of sp³-hybridized carbons (Fsp3) is 0.700. The zero-order valence-corrected chi connectivity index (χ0v) is 15.3. The SMILES string of the molecule is C/C1=C/[C@H](O)C/C(C)=C/[C@@H](O)C[C@](C)(O)/C=C/[C@@H](C(C)C)CC1. The predicted octanol–water partition coefficient (Wildman–Crippen LogP) is 3.75. The maximum absolute atomic E-state index is 10.5. The third-order valence-corrected chi connectivity index (χ3v) is 4.54. The minimum absolute atomic E-state index is 0.261. The van der Waals surface area contributed by atoms with E-state index in [0.717, 1.165) is 18.4 Å². The molecule has 23 heavy (non-hydrogen) atoms. The molecule has 0 fully saturated rings. The van der Waals surface area contributed by atoms with Gasteiger partial charge in [0, 0.05) is 6.42 Å². The number of aliphatic hydroxyl groups excluding tert-OH is 2. The predicted molar refractivity (Wildman–Crippen MR) is 96.1 cm³/mol. The lowest BCUT2D eigenvalue weighted by atomic mass is 9.86. The van der Waals surface area contributed by atoms with Gasteiger partial charge in [-0.3, -0.25) is 0 Å². The van der Waals surface area contributed by atoms with Gasteiger partial charge in [0.25, 0.3) is 0 Å². The van der Waals surface area contributed by atoms with Crippen molar-refractivity contribution in [3.05, 3.63) is 35.5 Å². The van der Waals surface area contributed by atoms with Crippen molar-refractivity contribution in [2.24, 2.45) is 11.8 Å². The first-order chi connectivity index (χ1) is 10.6. The van der Waals surface area contributed by atoms with Gasteiger partial charge in [0.15, 0.2) is 0 Å². The van der Waals surface area contributed by atoms with Crippen LogP contribution in [0.3, 0.4) is 0 Å². The van der Waals surface area contributed by atoms with Crippen LogP contribution in [0.5, 0.6) is 0 Å². The fourth-order valence-electron chi connectivity index (χ4n) is 3.12. The standard InChI is InChI=1S/C20H34O3/c1-14(2)17-7-6-15(3)10-18(21)11-16(4)12-19(22)13-20(5,23)9-8-17/h8-10,12,14,17-19,21-23H,6-7,11,13H2,1-5H3/b9-8+,15-10-,16-12+/t17-,18-,19+,20+/m0/s1. The van der Waals surface area contributed by atoms with E-state index in [1.165, 1.54) is 5.57 Å². The molecule has 0 spiro atoms. The lowest BCUT2D eigenvalue weighted by Crippen LogP contribution is -2.27. The average Bonchev–Trinajstić information content (AvgIpc) is 2.35. The lowest BCUT2D eigenvalue weighted by molar-refractivity contribution is 0.0564. The molecule has 0 amide bonds. The summed E-state index contributed by atoms with van der Waals surface area (Å²) in [4.78, 5) is 0. The molecule has 0 saturated heterocycles. The summed E-state index contributed by atoms with van der Waals surface area (Å²) in [6.45, 7) is 10.1. The molecule has 0 radical (unpaired) electrons. The summed E-state index contributed by atoms with van der Waals surface area (Å²) < 4.78 is 0. The Balaban J connectivity index is 3.05. The van der Waals surface area contributed by atoms with Crippen molar-refractivity contribution < 1.29 is 15.3 Å². The Hall–Kier alpha value is -0.900. The van der Waals surface area contributed by atoms with Crippen molar-refractivity contribution in [2.75, 3.05) is 0 Å². The maximum Gasteiger partial charge on any atom is 0.0827 e. The minimum atomic E-state index is -1.03. The summed E-state index contributed by atoms with van der Waals surface area (Å²) in [6, 6.07) is 0. The summed E-state index contributed by atoms with van der Waals surface area (Å²) in [5.41, 5.74) is 1.09. The molecular formula is C20H34O3. The summed E-state index contributed by atoms with van der Waals surface area (Å²) in [6.07, 6.45) is 9.06. The average molecular weight is 322 g/mol. The molecule has 3 N–H and O–H groups in total. The van der Waals surface area contributed by atoms with Crippen LogP contribution in [0.1, 0.15) is 60.3 Å². The minimum Gasteiger partial charge on any atom is -0.389 e. The molecule has 0 heterocycles. The largest absolute Gasteiger partial charge is 0.389 e. The van der Waals surface area contributed by atoms with Crippen molar-refractivity contribution in [1.29, 1.82) is 0 Å². The lowest BCUT2D eigenvalue weighted by Gasteiger charge is -2.24. The highest BCUT2D eigenvalue weighted by Gasteiger charge is 2.22. The van der Waals surface area contributed by atoms with Gasteiger partial charge in [0.2, 0.25) is 0 Å². The highest BCUT2D eigenvalue weighted by molar-refractivity contribution is 5.12. The summed E-state index contributed by atoms with van der Waals surface area (Å²) in [5, 5.41) is 30.8. The van der Waals surface area contributed by atoms with E-state index >= 15 is 0 Å². The van der Waals surface area contributed by atoms with Crippen molar-refractivity contribution in [3.63, 3.8) is 0 Å². The molecule has 4 atom stereocenters. The van der Waals surface area contributed by atoms with Gasteiger partial charge in [-0.2, -0.15) is 0 Å². The third-order valence-electron chi connectivity index (χ3n) is 4.54. The van der Waals surface area contributed by atoms with Crippen molar-refractivity contribution >= 4 is 0 Å².